The van der Waals surface area contributed by atoms with E-state index in [0.717, 1.165) is 5.56 Å². The second-order valence-electron chi connectivity index (χ2n) is 7.25. The third kappa shape index (κ3) is 5.56. The molecule has 0 spiro atoms. The van der Waals surface area contributed by atoms with Gasteiger partial charge in [0.1, 0.15) is 12.4 Å². The Hall–Kier alpha value is -2.86. The number of benzene rings is 2. The summed E-state index contributed by atoms with van der Waals surface area (Å²) in [7, 11) is 0. The third-order valence-corrected chi connectivity index (χ3v) is 3.80. The van der Waals surface area contributed by atoms with Crippen molar-refractivity contribution in [2.45, 2.75) is 45.0 Å². The van der Waals surface area contributed by atoms with E-state index in [1.54, 1.807) is 45.0 Å². The molecule has 2 rings (SSSR count). The van der Waals surface area contributed by atoms with Gasteiger partial charge in [-0.3, -0.25) is 0 Å². The number of carbonyl (C=O) groups is 2. The van der Waals surface area contributed by atoms with Gasteiger partial charge in [0.15, 0.2) is 0 Å². The van der Waals surface area contributed by atoms with Crippen molar-refractivity contribution in [2.75, 3.05) is 0 Å². The second kappa shape index (κ2) is 8.22. The summed E-state index contributed by atoms with van der Waals surface area (Å²) in [6.45, 7) is 5.26. The first-order valence-corrected chi connectivity index (χ1v) is 8.55. The number of carboxylic acids is 2. The standard InChI is InChI=1S/C21H24O6/c1-20(2,3)27-21(18(22)23,19(24)25)13-15-9-11-17(12-10-15)26-14-16-7-5-4-6-8-16/h4-12H,13-14H2,1-3H3,(H,22,23)(H,24,25). The molecule has 27 heavy (non-hydrogen) atoms. The van der Waals surface area contributed by atoms with Crippen LogP contribution in [-0.4, -0.2) is 33.4 Å². The van der Waals surface area contributed by atoms with Gasteiger partial charge in [-0.05, 0) is 44.0 Å². The van der Waals surface area contributed by atoms with Gasteiger partial charge < -0.3 is 19.7 Å². The van der Waals surface area contributed by atoms with Crippen LogP contribution in [0.4, 0.5) is 0 Å². The van der Waals surface area contributed by atoms with Crippen molar-refractivity contribution in [3.8, 4) is 5.75 Å². The topological polar surface area (TPSA) is 93.1 Å². The fourth-order valence-electron chi connectivity index (χ4n) is 2.62. The Labute approximate surface area is 158 Å². The fourth-order valence-corrected chi connectivity index (χ4v) is 2.62. The lowest BCUT2D eigenvalue weighted by molar-refractivity contribution is -0.199. The number of hydrogen-bond acceptors (Lipinski definition) is 4. The molecular weight excluding hydrogens is 348 g/mol. The summed E-state index contributed by atoms with van der Waals surface area (Å²) in [5.74, 6) is -2.46. The molecule has 0 amide bonds. The lowest BCUT2D eigenvalue weighted by Gasteiger charge is -2.33. The van der Waals surface area contributed by atoms with Crippen molar-refractivity contribution in [3.05, 3.63) is 65.7 Å². The molecule has 0 bridgehead atoms. The predicted octanol–water partition coefficient (Wildman–Crippen LogP) is 3.53. The van der Waals surface area contributed by atoms with Crippen LogP contribution in [0.5, 0.6) is 5.75 Å². The van der Waals surface area contributed by atoms with E-state index in [4.69, 9.17) is 9.47 Å². The van der Waals surface area contributed by atoms with E-state index < -0.39 is 23.1 Å². The van der Waals surface area contributed by atoms with Crippen LogP contribution in [0.15, 0.2) is 54.6 Å². The van der Waals surface area contributed by atoms with E-state index >= 15 is 0 Å². The van der Waals surface area contributed by atoms with Gasteiger partial charge in [0.25, 0.3) is 5.60 Å². The molecule has 144 valence electrons. The first-order chi connectivity index (χ1) is 12.6. The van der Waals surface area contributed by atoms with E-state index in [-0.39, 0.29) is 6.42 Å². The summed E-state index contributed by atoms with van der Waals surface area (Å²) < 4.78 is 11.1. The Morgan fingerprint density at radius 2 is 1.41 bits per heavy atom. The third-order valence-electron chi connectivity index (χ3n) is 3.80. The molecule has 0 aliphatic rings. The average Bonchev–Trinajstić information content (AvgIpc) is 2.60. The molecular formula is C21H24O6. The van der Waals surface area contributed by atoms with E-state index in [2.05, 4.69) is 0 Å². The number of hydrogen-bond donors (Lipinski definition) is 2. The summed E-state index contributed by atoms with van der Waals surface area (Å²) in [5.41, 5.74) is -1.74. The van der Waals surface area contributed by atoms with Gasteiger partial charge >= 0.3 is 11.9 Å². The first-order valence-electron chi connectivity index (χ1n) is 8.55. The highest BCUT2D eigenvalue weighted by molar-refractivity contribution is 6.02. The molecule has 0 radical (unpaired) electrons. The molecule has 2 N–H and O–H groups in total. The minimum Gasteiger partial charge on any atom is -0.489 e. The average molecular weight is 372 g/mol. The first kappa shape index (κ1) is 20.5. The summed E-state index contributed by atoms with van der Waals surface area (Å²) in [4.78, 5) is 23.5. The number of ether oxygens (including phenoxy) is 2. The monoisotopic (exact) mass is 372 g/mol. The van der Waals surface area contributed by atoms with Crippen LogP contribution in [-0.2, 0) is 27.4 Å². The Morgan fingerprint density at radius 1 is 0.852 bits per heavy atom. The molecule has 6 heteroatoms. The molecule has 2 aromatic carbocycles. The van der Waals surface area contributed by atoms with Crippen LogP contribution in [0, 0.1) is 0 Å². The van der Waals surface area contributed by atoms with Crippen LogP contribution in [0.25, 0.3) is 0 Å². The van der Waals surface area contributed by atoms with E-state index in [1.807, 2.05) is 30.3 Å². The zero-order chi connectivity index (χ0) is 20.1. The normalized spacial score (nSPS) is 11.8. The van der Waals surface area contributed by atoms with Gasteiger partial charge in [-0.25, -0.2) is 9.59 Å². The van der Waals surface area contributed by atoms with E-state index in [1.165, 1.54) is 0 Å². The van der Waals surface area contributed by atoms with Gasteiger partial charge in [0.05, 0.1) is 5.60 Å². The lowest BCUT2D eigenvalue weighted by atomic mass is 9.93. The van der Waals surface area contributed by atoms with Gasteiger partial charge in [-0.2, -0.15) is 0 Å². The Bertz CT molecular complexity index is 761. The highest BCUT2D eigenvalue weighted by Gasteiger charge is 2.50. The summed E-state index contributed by atoms with van der Waals surface area (Å²) in [6.07, 6.45) is -0.298. The van der Waals surface area contributed by atoms with Gasteiger partial charge in [0, 0.05) is 6.42 Å². The van der Waals surface area contributed by atoms with E-state index in [9.17, 15) is 19.8 Å². The van der Waals surface area contributed by atoms with Crippen LogP contribution >= 0.6 is 0 Å². The maximum atomic E-state index is 11.7. The van der Waals surface area contributed by atoms with Gasteiger partial charge in [0.2, 0.25) is 0 Å². The number of aliphatic carboxylic acids is 2. The molecule has 0 aromatic heterocycles. The summed E-state index contributed by atoms with van der Waals surface area (Å²) in [6, 6.07) is 16.3. The van der Waals surface area contributed by atoms with E-state index in [0.29, 0.717) is 17.9 Å². The van der Waals surface area contributed by atoms with Crippen molar-refractivity contribution in [2.24, 2.45) is 0 Å². The molecule has 0 heterocycles. The molecule has 0 atom stereocenters. The van der Waals surface area contributed by atoms with Gasteiger partial charge in [-0.15, -0.1) is 0 Å². The summed E-state index contributed by atoms with van der Waals surface area (Å²) in [5, 5.41) is 19.1. The minimum absolute atomic E-state index is 0.298. The number of rotatable bonds is 8. The Morgan fingerprint density at radius 3 is 1.89 bits per heavy atom. The fraction of sp³-hybridized carbons (Fsp3) is 0.333. The lowest BCUT2D eigenvalue weighted by Crippen LogP contribution is -2.54. The van der Waals surface area contributed by atoms with Crippen molar-refractivity contribution >= 4 is 11.9 Å². The second-order valence-corrected chi connectivity index (χ2v) is 7.25. The van der Waals surface area contributed by atoms with Crippen molar-refractivity contribution < 1.29 is 29.3 Å². The van der Waals surface area contributed by atoms with Crippen LogP contribution < -0.4 is 4.74 Å². The summed E-state index contributed by atoms with van der Waals surface area (Å²) >= 11 is 0. The SMILES string of the molecule is CC(C)(C)OC(Cc1ccc(OCc2ccccc2)cc1)(C(=O)O)C(=O)O. The molecule has 2 aromatic rings. The van der Waals surface area contributed by atoms with Crippen molar-refractivity contribution in [1.29, 1.82) is 0 Å². The largest absolute Gasteiger partial charge is 0.489 e. The quantitative estimate of drug-likeness (QED) is 0.689. The molecule has 0 saturated heterocycles. The zero-order valence-electron chi connectivity index (χ0n) is 15.6. The number of carboxylic acid groups (broad SMARTS) is 2. The van der Waals surface area contributed by atoms with Crippen LogP contribution in [0.3, 0.4) is 0 Å². The highest BCUT2D eigenvalue weighted by atomic mass is 16.6. The maximum Gasteiger partial charge on any atom is 0.348 e. The molecule has 6 nitrogen and oxygen atoms in total. The van der Waals surface area contributed by atoms with Crippen molar-refractivity contribution in [3.63, 3.8) is 0 Å². The minimum atomic E-state index is -2.36. The van der Waals surface area contributed by atoms with Crippen molar-refractivity contribution in [1.82, 2.24) is 0 Å². The molecule has 0 aliphatic carbocycles. The Balaban J connectivity index is 2.14. The predicted molar refractivity (Wildman–Crippen MR) is 99.8 cm³/mol. The molecule has 0 aliphatic heterocycles. The molecule has 0 saturated carbocycles. The Kier molecular flexibility index (Phi) is 6.23. The van der Waals surface area contributed by atoms with Gasteiger partial charge in [-0.1, -0.05) is 42.5 Å². The maximum absolute atomic E-state index is 11.7. The molecule has 0 fully saturated rings. The smallest absolute Gasteiger partial charge is 0.348 e. The van der Waals surface area contributed by atoms with Crippen LogP contribution in [0.1, 0.15) is 31.9 Å². The zero-order valence-corrected chi connectivity index (χ0v) is 15.6. The molecule has 0 unspecified atom stereocenters. The van der Waals surface area contributed by atoms with Crippen LogP contribution in [0.2, 0.25) is 0 Å². The highest BCUT2D eigenvalue weighted by Crippen LogP contribution is 2.27.